The molecule has 0 saturated carbocycles. The minimum Gasteiger partial charge on any atom is -0.493 e. The van der Waals surface area contributed by atoms with Gasteiger partial charge >= 0.3 is 5.97 Å². The number of carbonyl (C=O) groups is 2. The first-order valence-corrected chi connectivity index (χ1v) is 11.0. The lowest BCUT2D eigenvalue weighted by Gasteiger charge is -2.13. The van der Waals surface area contributed by atoms with Gasteiger partial charge in [0.25, 0.3) is 5.91 Å². The molecule has 1 saturated heterocycles. The summed E-state index contributed by atoms with van der Waals surface area (Å²) in [6.07, 6.45) is 1.86. The van der Waals surface area contributed by atoms with Crippen molar-refractivity contribution >= 4 is 46.3 Å². The summed E-state index contributed by atoms with van der Waals surface area (Å²) < 4.78 is 16.7. The predicted octanol–water partition coefficient (Wildman–Crippen LogP) is 4.43. The average Bonchev–Trinajstić information content (AvgIpc) is 3.04. The summed E-state index contributed by atoms with van der Waals surface area (Å²) in [7, 11) is 1.57. The molecule has 0 aliphatic carbocycles. The molecule has 6 nitrogen and oxygen atoms in total. The first-order valence-electron chi connectivity index (χ1n) is 9.77. The van der Waals surface area contributed by atoms with Crippen molar-refractivity contribution in [3.05, 3.63) is 64.6 Å². The second-order valence-electron chi connectivity index (χ2n) is 6.57. The minimum absolute atomic E-state index is 0.106. The highest BCUT2D eigenvalue weighted by Crippen LogP contribution is 2.35. The molecule has 0 aromatic heterocycles. The highest BCUT2D eigenvalue weighted by atomic mass is 32.2. The monoisotopic (exact) mass is 457 g/mol. The zero-order valence-corrected chi connectivity index (χ0v) is 19.0. The van der Waals surface area contributed by atoms with Gasteiger partial charge in [0.15, 0.2) is 11.5 Å². The summed E-state index contributed by atoms with van der Waals surface area (Å²) in [5.74, 6) is 0.618. The molecule has 1 heterocycles. The van der Waals surface area contributed by atoms with E-state index in [1.807, 2.05) is 48.5 Å². The van der Waals surface area contributed by atoms with Gasteiger partial charge in [-0.1, -0.05) is 60.4 Å². The summed E-state index contributed by atoms with van der Waals surface area (Å²) in [5, 5.41) is 0. The fraction of sp³-hybridized carbons (Fsp3) is 0.261. The Morgan fingerprint density at radius 2 is 1.94 bits per heavy atom. The van der Waals surface area contributed by atoms with E-state index in [4.69, 9.17) is 26.4 Å². The summed E-state index contributed by atoms with van der Waals surface area (Å²) >= 11 is 6.52. The number of benzene rings is 2. The Kier molecular flexibility index (Phi) is 8.08. The molecule has 1 amide bonds. The second kappa shape index (κ2) is 11.0. The second-order valence-corrected chi connectivity index (χ2v) is 8.25. The highest BCUT2D eigenvalue weighted by Gasteiger charge is 2.32. The van der Waals surface area contributed by atoms with E-state index in [2.05, 4.69) is 0 Å². The number of methoxy groups -OCH3 is 1. The Balaban J connectivity index is 1.69. The Bertz CT molecular complexity index is 991. The van der Waals surface area contributed by atoms with Gasteiger partial charge in [0, 0.05) is 6.54 Å². The van der Waals surface area contributed by atoms with Gasteiger partial charge in [0.1, 0.15) is 10.9 Å². The Hall–Kier alpha value is -2.84. The van der Waals surface area contributed by atoms with Gasteiger partial charge in [-0.25, -0.2) is 0 Å². The van der Waals surface area contributed by atoms with E-state index in [1.165, 1.54) is 16.7 Å². The van der Waals surface area contributed by atoms with Crippen LogP contribution >= 0.6 is 24.0 Å². The number of amides is 1. The number of thiocarbonyl (C=S) groups is 1. The molecular formula is C23H23NO5S2. The molecule has 0 N–H and O–H groups in total. The number of thioether (sulfide) groups is 1. The fourth-order valence-electron chi connectivity index (χ4n) is 2.91. The molecule has 0 bridgehead atoms. The van der Waals surface area contributed by atoms with E-state index in [0.717, 1.165) is 11.1 Å². The SMILES string of the molecule is CCOC(=O)CCN1C(=O)/C(=C/c2ccc(OCc3ccccc3)c(OC)c2)SC1=S. The van der Waals surface area contributed by atoms with Gasteiger partial charge in [-0.3, -0.25) is 14.5 Å². The lowest BCUT2D eigenvalue weighted by atomic mass is 10.1. The van der Waals surface area contributed by atoms with Crippen LogP contribution in [-0.4, -0.2) is 41.4 Å². The number of nitrogens with zero attached hydrogens (tertiary/aromatic N) is 1. The van der Waals surface area contributed by atoms with Crippen LogP contribution in [0.5, 0.6) is 11.5 Å². The summed E-state index contributed by atoms with van der Waals surface area (Å²) in [4.78, 5) is 26.2. The van der Waals surface area contributed by atoms with E-state index in [1.54, 1.807) is 20.1 Å². The highest BCUT2D eigenvalue weighted by molar-refractivity contribution is 8.26. The first-order chi connectivity index (χ1) is 15.0. The predicted molar refractivity (Wildman–Crippen MR) is 125 cm³/mol. The van der Waals surface area contributed by atoms with Crippen LogP contribution in [0.2, 0.25) is 0 Å². The molecule has 8 heteroatoms. The molecule has 0 spiro atoms. The van der Waals surface area contributed by atoms with Crippen molar-refractivity contribution in [2.24, 2.45) is 0 Å². The topological polar surface area (TPSA) is 65.1 Å². The first kappa shape index (κ1) is 22.8. The third-order valence-corrected chi connectivity index (χ3v) is 5.82. The normalized spacial score (nSPS) is 14.8. The van der Waals surface area contributed by atoms with Crippen molar-refractivity contribution < 1.29 is 23.8 Å². The maximum Gasteiger partial charge on any atom is 0.307 e. The molecule has 0 radical (unpaired) electrons. The van der Waals surface area contributed by atoms with Gasteiger partial charge in [-0.05, 0) is 36.3 Å². The van der Waals surface area contributed by atoms with E-state index < -0.39 is 0 Å². The molecule has 3 rings (SSSR count). The van der Waals surface area contributed by atoms with Crippen LogP contribution in [0, 0.1) is 0 Å². The van der Waals surface area contributed by atoms with Gasteiger partial charge in [0.05, 0.1) is 25.0 Å². The van der Waals surface area contributed by atoms with Crippen molar-refractivity contribution in [1.29, 1.82) is 0 Å². The van der Waals surface area contributed by atoms with E-state index in [0.29, 0.717) is 33.9 Å². The maximum atomic E-state index is 12.7. The van der Waals surface area contributed by atoms with Crippen molar-refractivity contribution in [1.82, 2.24) is 4.90 Å². The molecule has 1 fully saturated rings. The molecule has 0 atom stereocenters. The Morgan fingerprint density at radius 3 is 2.65 bits per heavy atom. The zero-order chi connectivity index (χ0) is 22.2. The molecule has 0 unspecified atom stereocenters. The van der Waals surface area contributed by atoms with Crippen LogP contribution in [0.1, 0.15) is 24.5 Å². The van der Waals surface area contributed by atoms with Crippen molar-refractivity contribution in [2.45, 2.75) is 20.0 Å². The van der Waals surface area contributed by atoms with Crippen LogP contribution < -0.4 is 9.47 Å². The molecule has 31 heavy (non-hydrogen) atoms. The number of hydrogen-bond acceptors (Lipinski definition) is 7. The van der Waals surface area contributed by atoms with Gasteiger partial charge in [-0.2, -0.15) is 0 Å². The lowest BCUT2D eigenvalue weighted by molar-refractivity contribution is -0.143. The van der Waals surface area contributed by atoms with Crippen LogP contribution in [-0.2, 0) is 20.9 Å². The summed E-state index contributed by atoms with van der Waals surface area (Å²) in [5.41, 5.74) is 1.84. The van der Waals surface area contributed by atoms with Crippen LogP contribution in [0.25, 0.3) is 6.08 Å². The smallest absolute Gasteiger partial charge is 0.307 e. The quantitative estimate of drug-likeness (QED) is 0.314. The molecule has 2 aromatic carbocycles. The molecule has 1 aliphatic rings. The van der Waals surface area contributed by atoms with Gasteiger partial charge < -0.3 is 14.2 Å². The lowest BCUT2D eigenvalue weighted by Crippen LogP contribution is -2.30. The van der Waals surface area contributed by atoms with Gasteiger partial charge in [0.2, 0.25) is 0 Å². The number of rotatable bonds is 9. The van der Waals surface area contributed by atoms with Gasteiger partial charge in [-0.15, -0.1) is 0 Å². The average molecular weight is 458 g/mol. The maximum absolute atomic E-state index is 12.7. The zero-order valence-electron chi connectivity index (χ0n) is 17.3. The number of hydrogen-bond donors (Lipinski definition) is 0. The van der Waals surface area contributed by atoms with E-state index >= 15 is 0 Å². The molecular weight excluding hydrogens is 434 g/mol. The summed E-state index contributed by atoms with van der Waals surface area (Å²) in [6, 6.07) is 15.3. The molecule has 2 aromatic rings. The number of esters is 1. The standard InChI is InChI=1S/C23H23NO5S2/c1-3-28-21(25)11-12-24-22(26)20(31-23(24)30)14-17-9-10-18(19(13-17)27-2)29-15-16-7-5-4-6-8-16/h4-10,13-14H,3,11-12,15H2,1-2H3/b20-14-. The van der Waals surface area contributed by atoms with Crippen molar-refractivity contribution in [3.8, 4) is 11.5 Å². The van der Waals surface area contributed by atoms with Crippen LogP contribution in [0.4, 0.5) is 0 Å². The fourth-order valence-corrected chi connectivity index (χ4v) is 4.22. The third kappa shape index (κ3) is 6.08. The minimum atomic E-state index is -0.351. The van der Waals surface area contributed by atoms with Crippen LogP contribution in [0.3, 0.4) is 0 Å². The Labute approximate surface area is 191 Å². The largest absolute Gasteiger partial charge is 0.493 e. The Morgan fingerprint density at radius 1 is 1.16 bits per heavy atom. The van der Waals surface area contributed by atoms with Crippen molar-refractivity contribution in [3.63, 3.8) is 0 Å². The molecule has 1 aliphatic heterocycles. The number of ether oxygens (including phenoxy) is 3. The van der Waals surface area contributed by atoms with E-state index in [-0.39, 0.29) is 24.8 Å². The number of carbonyl (C=O) groups excluding carboxylic acids is 2. The van der Waals surface area contributed by atoms with Crippen molar-refractivity contribution in [2.75, 3.05) is 20.3 Å². The van der Waals surface area contributed by atoms with E-state index in [9.17, 15) is 9.59 Å². The van der Waals surface area contributed by atoms with Crippen LogP contribution in [0.15, 0.2) is 53.4 Å². The summed E-state index contributed by atoms with van der Waals surface area (Å²) in [6.45, 7) is 2.68. The molecule has 162 valence electrons. The third-order valence-electron chi connectivity index (χ3n) is 4.44.